The number of carboxylic acids is 1. The van der Waals surface area contributed by atoms with Gasteiger partial charge in [-0.05, 0) is 32.3 Å². The zero-order valence-electron chi connectivity index (χ0n) is 10.1. The molecular formula is C12H17N3O2. The molecule has 2 rings (SSSR count). The van der Waals surface area contributed by atoms with E-state index in [4.69, 9.17) is 5.11 Å². The van der Waals surface area contributed by atoms with Gasteiger partial charge in [0.15, 0.2) is 5.69 Å². The van der Waals surface area contributed by atoms with Gasteiger partial charge in [-0.2, -0.15) is 0 Å². The number of aryl methyl sites for hydroxylation is 1. The van der Waals surface area contributed by atoms with Crippen LogP contribution < -0.4 is 5.32 Å². The minimum absolute atomic E-state index is 0.0404. The van der Waals surface area contributed by atoms with Crippen molar-refractivity contribution in [2.45, 2.75) is 39.2 Å². The van der Waals surface area contributed by atoms with Crippen LogP contribution in [0.4, 0.5) is 5.95 Å². The van der Waals surface area contributed by atoms with Crippen molar-refractivity contribution in [2.24, 2.45) is 5.92 Å². The molecule has 5 nitrogen and oxygen atoms in total. The minimum Gasteiger partial charge on any atom is -0.477 e. The fourth-order valence-corrected chi connectivity index (χ4v) is 1.88. The molecule has 0 spiro atoms. The molecule has 0 radical (unpaired) electrons. The Bertz CT molecular complexity index is 430. The second-order valence-corrected chi connectivity index (χ2v) is 4.75. The standard InChI is InChI=1S/C12H17N3O2/c1-7(5-9-3-4-9)13-12-14-8(2)6-10(15-12)11(16)17/h6-7,9H,3-5H2,1-2H3,(H,16,17)(H,13,14,15). The molecular weight excluding hydrogens is 218 g/mol. The lowest BCUT2D eigenvalue weighted by Gasteiger charge is -2.13. The fourth-order valence-electron chi connectivity index (χ4n) is 1.88. The molecule has 17 heavy (non-hydrogen) atoms. The maximum atomic E-state index is 10.9. The van der Waals surface area contributed by atoms with Gasteiger partial charge in [-0.1, -0.05) is 12.8 Å². The smallest absolute Gasteiger partial charge is 0.354 e. The molecule has 0 amide bonds. The van der Waals surface area contributed by atoms with E-state index in [1.807, 2.05) is 0 Å². The van der Waals surface area contributed by atoms with Crippen LogP contribution in [0.1, 0.15) is 42.4 Å². The van der Waals surface area contributed by atoms with E-state index in [1.165, 1.54) is 18.9 Å². The van der Waals surface area contributed by atoms with Gasteiger partial charge in [0, 0.05) is 11.7 Å². The Morgan fingerprint density at radius 1 is 1.59 bits per heavy atom. The van der Waals surface area contributed by atoms with Crippen LogP contribution >= 0.6 is 0 Å². The minimum atomic E-state index is -1.02. The number of rotatable bonds is 5. The quantitative estimate of drug-likeness (QED) is 0.817. The molecule has 1 heterocycles. The summed E-state index contributed by atoms with van der Waals surface area (Å²) in [5.41, 5.74) is 0.706. The molecule has 2 N–H and O–H groups in total. The molecule has 92 valence electrons. The van der Waals surface area contributed by atoms with Crippen LogP contribution in [0.25, 0.3) is 0 Å². The lowest BCUT2D eigenvalue weighted by Crippen LogP contribution is -2.19. The van der Waals surface area contributed by atoms with Gasteiger partial charge >= 0.3 is 5.97 Å². The zero-order valence-corrected chi connectivity index (χ0v) is 10.1. The summed E-state index contributed by atoms with van der Waals surface area (Å²) in [5.74, 6) is 0.213. The van der Waals surface area contributed by atoms with Gasteiger partial charge in [0.05, 0.1) is 0 Å². The third-order valence-corrected chi connectivity index (χ3v) is 2.83. The highest BCUT2D eigenvalue weighted by Crippen LogP contribution is 2.33. The SMILES string of the molecule is Cc1cc(C(=O)O)nc(NC(C)CC2CC2)n1. The van der Waals surface area contributed by atoms with Gasteiger partial charge in [0.2, 0.25) is 5.95 Å². The lowest BCUT2D eigenvalue weighted by molar-refractivity contribution is 0.0690. The first-order valence-corrected chi connectivity index (χ1v) is 5.90. The number of aromatic carboxylic acids is 1. The number of hydrogen-bond donors (Lipinski definition) is 2. The first kappa shape index (κ1) is 11.8. The van der Waals surface area contributed by atoms with E-state index >= 15 is 0 Å². The molecule has 1 fully saturated rings. The Balaban J connectivity index is 2.05. The van der Waals surface area contributed by atoms with Gasteiger partial charge in [-0.25, -0.2) is 14.8 Å². The van der Waals surface area contributed by atoms with Crippen LogP contribution in [-0.2, 0) is 0 Å². The number of nitrogens with one attached hydrogen (secondary N) is 1. The van der Waals surface area contributed by atoms with E-state index < -0.39 is 5.97 Å². The lowest BCUT2D eigenvalue weighted by atomic mass is 10.2. The first-order chi connectivity index (χ1) is 8.04. The summed E-state index contributed by atoms with van der Waals surface area (Å²) < 4.78 is 0. The molecule has 1 unspecified atom stereocenters. The van der Waals surface area contributed by atoms with Crippen molar-refractivity contribution in [1.29, 1.82) is 0 Å². The third-order valence-electron chi connectivity index (χ3n) is 2.83. The van der Waals surface area contributed by atoms with Crippen molar-refractivity contribution >= 4 is 11.9 Å². The van der Waals surface area contributed by atoms with Crippen LogP contribution in [-0.4, -0.2) is 27.1 Å². The number of aromatic nitrogens is 2. The molecule has 5 heteroatoms. The van der Waals surface area contributed by atoms with Crippen molar-refractivity contribution in [3.05, 3.63) is 17.5 Å². The van der Waals surface area contributed by atoms with Gasteiger partial charge in [0.1, 0.15) is 0 Å². The second-order valence-electron chi connectivity index (χ2n) is 4.75. The maximum absolute atomic E-state index is 10.9. The zero-order chi connectivity index (χ0) is 12.4. The van der Waals surface area contributed by atoms with E-state index in [1.54, 1.807) is 6.92 Å². The Kier molecular flexibility index (Phi) is 3.26. The Morgan fingerprint density at radius 2 is 2.29 bits per heavy atom. The van der Waals surface area contributed by atoms with Gasteiger partial charge < -0.3 is 10.4 Å². The summed E-state index contributed by atoms with van der Waals surface area (Å²) >= 11 is 0. The highest BCUT2D eigenvalue weighted by atomic mass is 16.4. The van der Waals surface area contributed by atoms with Gasteiger partial charge in [-0.3, -0.25) is 0 Å². The van der Waals surface area contributed by atoms with E-state index in [0.29, 0.717) is 11.6 Å². The number of carbonyl (C=O) groups is 1. The molecule has 0 aliphatic heterocycles. The van der Waals surface area contributed by atoms with Crippen molar-refractivity contribution in [3.8, 4) is 0 Å². The summed E-state index contributed by atoms with van der Waals surface area (Å²) in [6, 6.07) is 1.75. The molecule has 0 aromatic carbocycles. The number of anilines is 1. The van der Waals surface area contributed by atoms with E-state index in [-0.39, 0.29) is 11.7 Å². The van der Waals surface area contributed by atoms with Gasteiger partial charge in [0.25, 0.3) is 0 Å². The van der Waals surface area contributed by atoms with Crippen LogP contribution in [0.3, 0.4) is 0 Å². The molecule has 1 saturated carbocycles. The largest absolute Gasteiger partial charge is 0.477 e. The molecule has 1 atom stereocenters. The average molecular weight is 235 g/mol. The van der Waals surface area contributed by atoms with E-state index in [9.17, 15) is 4.79 Å². The average Bonchev–Trinajstić information content (AvgIpc) is 3.00. The monoisotopic (exact) mass is 235 g/mol. The molecule has 1 aromatic rings. The van der Waals surface area contributed by atoms with Crippen LogP contribution in [0.2, 0.25) is 0 Å². The number of nitrogens with zero attached hydrogens (tertiary/aromatic N) is 2. The molecule has 1 aliphatic carbocycles. The number of carboxylic acid groups (broad SMARTS) is 1. The van der Waals surface area contributed by atoms with Crippen molar-refractivity contribution < 1.29 is 9.90 Å². The van der Waals surface area contributed by atoms with Crippen molar-refractivity contribution in [2.75, 3.05) is 5.32 Å². The van der Waals surface area contributed by atoms with Gasteiger partial charge in [-0.15, -0.1) is 0 Å². The van der Waals surface area contributed by atoms with Crippen molar-refractivity contribution in [3.63, 3.8) is 0 Å². The normalized spacial score (nSPS) is 16.6. The highest BCUT2D eigenvalue weighted by Gasteiger charge is 2.23. The summed E-state index contributed by atoms with van der Waals surface area (Å²) in [6.45, 7) is 3.84. The summed E-state index contributed by atoms with van der Waals surface area (Å²) in [4.78, 5) is 19.0. The van der Waals surface area contributed by atoms with E-state index in [0.717, 1.165) is 12.3 Å². The topological polar surface area (TPSA) is 75.1 Å². The molecule has 0 bridgehead atoms. The maximum Gasteiger partial charge on any atom is 0.354 e. The Labute approximate surface area is 100 Å². The summed E-state index contributed by atoms with van der Waals surface area (Å²) in [7, 11) is 0. The third kappa shape index (κ3) is 3.41. The van der Waals surface area contributed by atoms with Crippen molar-refractivity contribution in [1.82, 2.24) is 9.97 Å². The number of hydrogen-bond acceptors (Lipinski definition) is 4. The summed E-state index contributed by atoms with van der Waals surface area (Å²) in [6.07, 6.45) is 3.71. The Hall–Kier alpha value is -1.65. The van der Waals surface area contributed by atoms with E-state index in [2.05, 4.69) is 22.2 Å². The predicted molar refractivity (Wildman–Crippen MR) is 64.2 cm³/mol. The van der Waals surface area contributed by atoms with Crippen LogP contribution in [0.5, 0.6) is 0 Å². The molecule has 1 aliphatic rings. The second kappa shape index (κ2) is 4.69. The molecule has 0 saturated heterocycles. The molecule has 1 aromatic heterocycles. The summed E-state index contributed by atoms with van der Waals surface area (Å²) in [5, 5.41) is 12.1. The fraction of sp³-hybridized carbons (Fsp3) is 0.583. The Morgan fingerprint density at radius 3 is 2.88 bits per heavy atom. The first-order valence-electron chi connectivity index (χ1n) is 5.90. The highest BCUT2D eigenvalue weighted by molar-refractivity contribution is 5.85. The van der Waals surface area contributed by atoms with Crippen LogP contribution in [0, 0.1) is 12.8 Å². The van der Waals surface area contributed by atoms with Crippen LogP contribution in [0.15, 0.2) is 6.07 Å². The predicted octanol–water partition coefficient (Wildman–Crippen LogP) is 2.08.